The van der Waals surface area contributed by atoms with Crippen LogP contribution in [-0.2, 0) is 4.74 Å². The summed E-state index contributed by atoms with van der Waals surface area (Å²) in [5, 5.41) is 0. The maximum Gasteiger partial charge on any atom is 0.0469 e. The van der Waals surface area contributed by atoms with E-state index in [1.54, 1.807) is 0 Å². The van der Waals surface area contributed by atoms with Crippen LogP contribution < -0.4 is 5.73 Å². The van der Waals surface area contributed by atoms with Crippen LogP contribution in [0.15, 0.2) is 0 Å². The van der Waals surface area contributed by atoms with E-state index in [2.05, 4.69) is 18.9 Å². The van der Waals surface area contributed by atoms with Crippen molar-refractivity contribution < 1.29 is 4.74 Å². The van der Waals surface area contributed by atoms with Crippen molar-refractivity contribution in [2.75, 3.05) is 39.9 Å². The maximum atomic E-state index is 5.55. The summed E-state index contributed by atoms with van der Waals surface area (Å²) in [6, 6.07) is 0. The first-order chi connectivity index (χ1) is 7.22. The summed E-state index contributed by atoms with van der Waals surface area (Å²) in [6.07, 6.45) is 3.60. The molecule has 0 radical (unpaired) electrons. The lowest BCUT2D eigenvalue weighted by Gasteiger charge is -2.28. The molecule has 0 bridgehead atoms. The summed E-state index contributed by atoms with van der Waals surface area (Å²) in [6.45, 7) is 7.40. The summed E-state index contributed by atoms with van der Waals surface area (Å²) < 4.78 is 5.37. The zero-order chi connectivity index (χ0) is 11.1. The second-order valence-electron chi connectivity index (χ2n) is 4.96. The van der Waals surface area contributed by atoms with Crippen LogP contribution in [0.2, 0.25) is 0 Å². The third-order valence-corrected chi connectivity index (χ3v) is 3.19. The molecular weight excluding hydrogens is 188 g/mol. The smallest absolute Gasteiger partial charge is 0.0469 e. The molecule has 0 aromatic rings. The van der Waals surface area contributed by atoms with Crippen LogP contribution in [0.4, 0.5) is 0 Å². The third kappa shape index (κ3) is 5.50. The van der Waals surface area contributed by atoms with E-state index in [-0.39, 0.29) is 0 Å². The number of ether oxygens (including phenoxy) is 1. The standard InChI is InChI=1S/C12H26N2O/c1-11(3-6-13)9-14(2)10-12-4-7-15-8-5-12/h11-12H,3-10,13H2,1-2H3. The highest BCUT2D eigenvalue weighted by atomic mass is 16.5. The fraction of sp³-hybridized carbons (Fsp3) is 1.00. The molecule has 1 fully saturated rings. The van der Waals surface area contributed by atoms with Crippen LogP contribution in [0.3, 0.4) is 0 Å². The average Bonchev–Trinajstić information content (AvgIpc) is 2.19. The summed E-state index contributed by atoms with van der Waals surface area (Å²) >= 11 is 0. The fourth-order valence-corrected chi connectivity index (χ4v) is 2.35. The van der Waals surface area contributed by atoms with E-state index >= 15 is 0 Å². The summed E-state index contributed by atoms with van der Waals surface area (Å²) in [4.78, 5) is 2.45. The Kier molecular flexibility index (Phi) is 6.22. The minimum absolute atomic E-state index is 0.722. The predicted octanol–water partition coefficient (Wildman–Crippen LogP) is 1.33. The Bertz CT molecular complexity index is 158. The van der Waals surface area contributed by atoms with Gasteiger partial charge in [-0.25, -0.2) is 0 Å². The largest absolute Gasteiger partial charge is 0.381 e. The normalized spacial score (nSPS) is 20.8. The van der Waals surface area contributed by atoms with Crippen LogP contribution in [0.25, 0.3) is 0 Å². The minimum Gasteiger partial charge on any atom is -0.381 e. The van der Waals surface area contributed by atoms with Gasteiger partial charge in [0.2, 0.25) is 0 Å². The summed E-state index contributed by atoms with van der Waals surface area (Å²) in [5.74, 6) is 1.56. The van der Waals surface area contributed by atoms with Gasteiger partial charge in [0.1, 0.15) is 0 Å². The van der Waals surface area contributed by atoms with Crippen LogP contribution in [-0.4, -0.2) is 44.8 Å². The van der Waals surface area contributed by atoms with Gasteiger partial charge >= 0.3 is 0 Å². The quantitative estimate of drug-likeness (QED) is 0.725. The number of hydrogen-bond acceptors (Lipinski definition) is 3. The van der Waals surface area contributed by atoms with E-state index in [1.165, 1.54) is 25.9 Å². The molecule has 1 unspecified atom stereocenters. The zero-order valence-corrected chi connectivity index (χ0v) is 10.2. The highest BCUT2D eigenvalue weighted by Crippen LogP contribution is 2.16. The molecule has 3 heteroatoms. The highest BCUT2D eigenvalue weighted by molar-refractivity contribution is 4.68. The molecule has 1 aliphatic rings. The van der Waals surface area contributed by atoms with Crippen molar-refractivity contribution in [3.63, 3.8) is 0 Å². The van der Waals surface area contributed by atoms with Gasteiger partial charge in [-0.15, -0.1) is 0 Å². The van der Waals surface area contributed by atoms with Crippen molar-refractivity contribution >= 4 is 0 Å². The predicted molar refractivity (Wildman–Crippen MR) is 63.9 cm³/mol. The van der Waals surface area contributed by atoms with Gasteiger partial charge in [0.05, 0.1) is 0 Å². The third-order valence-electron chi connectivity index (χ3n) is 3.19. The molecule has 0 aromatic carbocycles. The molecule has 1 heterocycles. The molecule has 1 atom stereocenters. The SMILES string of the molecule is CC(CCN)CN(C)CC1CCOCC1. The minimum atomic E-state index is 0.722. The topological polar surface area (TPSA) is 38.5 Å². The van der Waals surface area contributed by atoms with Gasteiger partial charge < -0.3 is 15.4 Å². The first kappa shape index (κ1) is 12.9. The second-order valence-corrected chi connectivity index (χ2v) is 4.96. The molecule has 0 amide bonds. The van der Waals surface area contributed by atoms with Gasteiger partial charge in [0.15, 0.2) is 0 Å². The van der Waals surface area contributed by atoms with Gasteiger partial charge in [0, 0.05) is 26.3 Å². The molecule has 2 N–H and O–H groups in total. The summed E-state index contributed by atoms with van der Waals surface area (Å²) in [7, 11) is 2.22. The second kappa shape index (κ2) is 7.20. The Hall–Kier alpha value is -0.120. The summed E-state index contributed by atoms with van der Waals surface area (Å²) in [5.41, 5.74) is 5.55. The molecule has 0 spiro atoms. The Morgan fingerprint density at radius 3 is 2.67 bits per heavy atom. The lowest BCUT2D eigenvalue weighted by atomic mass is 9.99. The van der Waals surface area contributed by atoms with Crippen LogP contribution in [0, 0.1) is 11.8 Å². The van der Waals surface area contributed by atoms with Gasteiger partial charge in [0.25, 0.3) is 0 Å². The molecule has 1 rings (SSSR count). The van der Waals surface area contributed by atoms with Crippen LogP contribution >= 0.6 is 0 Å². The first-order valence-corrected chi connectivity index (χ1v) is 6.18. The zero-order valence-electron chi connectivity index (χ0n) is 10.2. The molecule has 1 aliphatic heterocycles. The van der Waals surface area contributed by atoms with Gasteiger partial charge in [-0.2, -0.15) is 0 Å². The lowest BCUT2D eigenvalue weighted by Crippen LogP contribution is -2.33. The number of nitrogens with two attached hydrogens (primary N) is 1. The van der Waals surface area contributed by atoms with Crippen molar-refractivity contribution in [2.45, 2.75) is 26.2 Å². The van der Waals surface area contributed by atoms with E-state index in [0.717, 1.165) is 38.0 Å². The van der Waals surface area contributed by atoms with Crippen molar-refractivity contribution in [3.05, 3.63) is 0 Å². The molecule has 0 aliphatic carbocycles. The molecule has 0 saturated carbocycles. The molecular formula is C12H26N2O. The monoisotopic (exact) mass is 214 g/mol. The van der Waals surface area contributed by atoms with Crippen molar-refractivity contribution in [1.82, 2.24) is 4.90 Å². The lowest BCUT2D eigenvalue weighted by molar-refractivity contribution is 0.0542. The van der Waals surface area contributed by atoms with Crippen LogP contribution in [0.5, 0.6) is 0 Å². The molecule has 3 nitrogen and oxygen atoms in total. The van der Waals surface area contributed by atoms with E-state index in [9.17, 15) is 0 Å². The number of hydrogen-bond donors (Lipinski definition) is 1. The number of rotatable bonds is 6. The maximum absolute atomic E-state index is 5.55. The van der Waals surface area contributed by atoms with Gasteiger partial charge in [-0.3, -0.25) is 0 Å². The van der Waals surface area contributed by atoms with Crippen LogP contribution in [0.1, 0.15) is 26.2 Å². The Labute approximate surface area is 94.0 Å². The van der Waals surface area contributed by atoms with Gasteiger partial charge in [-0.05, 0) is 44.7 Å². The van der Waals surface area contributed by atoms with Crippen molar-refractivity contribution in [3.8, 4) is 0 Å². The molecule has 0 aromatic heterocycles. The van der Waals surface area contributed by atoms with E-state index in [0.29, 0.717) is 0 Å². The first-order valence-electron chi connectivity index (χ1n) is 6.18. The molecule has 1 saturated heterocycles. The Morgan fingerprint density at radius 1 is 1.40 bits per heavy atom. The Balaban J connectivity index is 2.13. The molecule has 90 valence electrons. The van der Waals surface area contributed by atoms with E-state index < -0.39 is 0 Å². The van der Waals surface area contributed by atoms with Gasteiger partial charge in [-0.1, -0.05) is 6.92 Å². The van der Waals surface area contributed by atoms with Crippen molar-refractivity contribution in [1.29, 1.82) is 0 Å². The van der Waals surface area contributed by atoms with Crippen molar-refractivity contribution in [2.24, 2.45) is 17.6 Å². The van der Waals surface area contributed by atoms with E-state index in [4.69, 9.17) is 10.5 Å². The van der Waals surface area contributed by atoms with E-state index in [1.807, 2.05) is 0 Å². The Morgan fingerprint density at radius 2 is 2.07 bits per heavy atom. The molecule has 15 heavy (non-hydrogen) atoms. The average molecular weight is 214 g/mol. The number of nitrogens with zero attached hydrogens (tertiary/aromatic N) is 1. The fourth-order valence-electron chi connectivity index (χ4n) is 2.35. The highest BCUT2D eigenvalue weighted by Gasteiger charge is 2.16.